The van der Waals surface area contributed by atoms with Gasteiger partial charge in [-0.25, -0.2) is 12.8 Å². The van der Waals surface area contributed by atoms with Gasteiger partial charge in [0.25, 0.3) is 0 Å². The summed E-state index contributed by atoms with van der Waals surface area (Å²) in [4.78, 5) is 17.1. The monoisotopic (exact) mass is 483 g/mol. The first-order chi connectivity index (χ1) is 15.3. The summed E-state index contributed by atoms with van der Waals surface area (Å²) in [7, 11) is -2.00. The van der Waals surface area contributed by atoms with E-state index in [0.29, 0.717) is 62.7 Å². The molecule has 1 unspecified atom stereocenters. The molecule has 0 radical (unpaired) electrons. The topological polar surface area (TPSA) is 78.8 Å². The van der Waals surface area contributed by atoms with Gasteiger partial charge in [0.1, 0.15) is 10.7 Å². The Kier molecular flexibility index (Phi) is 6.85. The van der Waals surface area contributed by atoms with Gasteiger partial charge in [-0.3, -0.25) is 14.4 Å². The fourth-order valence-corrected chi connectivity index (χ4v) is 6.07. The van der Waals surface area contributed by atoms with E-state index in [0.717, 1.165) is 0 Å². The summed E-state index contributed by atoms with van der Waals surface area (Å²) in [5, 5.41) is 4.36. The third-order valence-electron chi connectivity index (χ3n) is 6.18. The number of rotatable bonds is 5. The number of hydrogen-bond acceptors (Lipinski definition) is 5. The van der Waals surface area contributed by atoms with Crippen LogP contribution in [0.5, 0.6) is 0 Å². The van der Waals surface area contributed by atoms with Crippen molar-refractivity contribution in [3.8, 4) is 0 Å². The molecule has 0 spiro atoms. The molecule has 0 aliphatic carbocycles. The molecule has 2 saturated heterocycles. The van der Waals surface area contributed by atoms with Crippen LogP contribution in [0.4, 0.5) is 4.39 Å². The van der Waals surface area contributed by atoms with Crippen LogP contribution in [0.3, 0.4) is 0 Å². The van der Waals surface area contributed by atoms with E-state index in [9.17, 15) is 17.6 Å². The van der Waals surface area contributed by atoms with Gasteiger partial charge in [0, 0.05) is 69.6 Å². The smallest absolute Gasteiger partial charge is 0.246 e. The summed E-state index contributed by atoms with van der Waals surface area (Å²) in [5.41, 5.74) is 0.470. The number of aromatic nitrogens is 2. The molecule has 0 saturated carbocycles. The van der Waals surface area contributed by atoms with Crippen LogP contribution < -0.4 is 0 Å². The highest BCUT2D eigenvalue weighted by Crippen LogP contribution is 2.26. The minimum absolute atomic E-state index is 0.0142. The van der Waals surface area contributed by atoms with E-state index in [1.165, 1.54) is 27.4 Å². The Bertz CT molecular complexity index is 1060. The summed E-state index contributed by atoms with van der Waals surface area (Å²) >= 11 is 6.14. The minimum atomic E-state index is -3.67. The molecule has 0 N–H and O–H groups in total. The zero-order chi connectivity index (χ0) is 22.9. The average molecular weight is 484 g/mol. The maximum absolute atomic E-state index is 14.1. The summed E-state index contributed by atoms with van der Waals surface area (Å²) in [5.74, 6) is -0.699. The molecule has 32 heavy (non-hydrogen) atoms. The van der Waals surface area contributed by atoms with Crippen LogP contribution in [0.2, 0.25) is 5.02 Å². The van der Waals surface area contributed by atoms with E-state index >= 15 is 0 Å². The highest BCUT2D eigenvalue weighted by Gasteiger charge is 2.36. The van der Waals surface area contributed by atoms with Gasteiger partial charge in [0.05, 0.1) is 12.1 Å². The predicted molar refractivity (Wildman–Crippen MR) is 118 cm³/mol. The highest BCUT2D eigenvalue weighted by molar-refractivity contribution is 7.89. The number of aryl methyl sites for hydroxylation is 1. The van der Waals surface area contributed by atoms with Crippen LogP contribution in [0.1, 0.15) is 18.4 Å². The first-order valence-electron chi connectivity index (χ1n) is 10.7. The normalized spacial score (nSPS) is 21.1. The van der Waals surface area contributed by atoms with Gasteiger partial charge in [0.15, 0.2) is 0 Å². The molecular weight excluding hydrogens is 457 g/mol. The van der Waals surface area contributed by atoms with Gasteiger partial charge in [-0.05, 0) is 25.0 Å². The van der Waals surface area contributed by atoms with Crippen molar-refractivity contribution in [2.75, 3.05) is 39.3 Å². The maximum atomic E-state index is 14.1. The van der Waals surface area contributed by atoms with Crippen LogP contribution in [0.25, 0.3) is 0 Å². The third kappa shape index (κ3) is 4.83. The molecule has 174 valence electrons. The summed E-state index contributed by atoms with van der Waals surface area (Å²) in [6.07, 6.45) is 4.12. The number of nitrogens with zero attached hydrogens (tertiary/aromatic N) is 5. The second-order valence-corrected chi connectivity index (χ2v) is 10.7. The van der Waals surface area contributed by atoms with Crippen molar-refractivity contribution in [1.29, 1.82) is 0 Å². The summed E-state index contributed by atoms with van der Waals surface area (Å²) in [6, 6.07) is 4.66. The van der Waals surface area contributed by atoms with Crippen LogP contribution in [0, 0.1) is 11.7 Å². The lowest BCUT2D eigenvalue weighted by Gasteiger charge is -2.38. The summed E-state index contributed by atoms with van der Waals surface area (Å²) < 4.78 is 42.8. The van der Waals surface area contributed by atoms with Gasteiger partial charge in [0.2, 0.25) is 15.9 Å². The van der Waals surface area contributed by atoms with Gasteiger partial charge < -0.3 is 4.90 Å². The van der Waals surface area contributed by atoms with Crippen molar-refractivity contribution in [1.82, 2.24) is 23.9 Å². The van der Waals surface area contributed by atoms with Crippen LogP contribution in [0.15, 0.2) is 35.5 Å². The first-order valence-corrected chi connectivity index (χ1v) is 12.5. The molecular formula is C21H27ClFN5O3S. The number of sulfonamides is 1. The number of carbonyl (C=O) groups is 1. The van der Waals surface area contributed by atoms with Crippen molar-refractivity contribution in [3.05, 3.63) is 47.0 Å². The molecule has 1 aromatic carbocycles. The van der Waals surface area contributed by atoms with Crippen molar-refractivity contribution >= 4 is 27.5 Å². The molecule has 0 bridgehead atoms. The third-order valence-corrected chi connectivity index (χ3v) is 8.35. The van der Waals surface area contributed by atoms with Crippen molar-refractivity contribution in [3.63, 3.8) is 0 Å². The molecule has 3 heterocycles. The van der Waals surface area contributed by atoms with E-state index in [4.69, 9.17) is 11.6 Å². The maximum Gasteiger partial charge on any atom is 0.246 e. The molecule has 2 aliphatic rings. The van der Waals surface area contributed by atoms with Crippen LogP contribution in [-0.2, 0) is 28.4 Å². The van der Waals surface area contributed by atoms with Crippen molar-refractivity contribution in [2.45, 2.75) is 24.3 Å². The number of carbonyl (C=O) groups excluding carboxylic acids is 1. The Morgan fingerprint density at radius 2 is 1.97 bits per heavy atom. The molecule has 11 heteroatoms. The average Bonchev–Trinajstić information content (AvgIpc) is 3.24. The molecule has 2 aromatic rings. The number of amides is 1. The van der Waals surface area contributed by atoms with Gasteiger partial charge in [-0.15, -0.1) is 0 Å². The number of halogens is 2. The Hall–Kier alpha value is -2.01. The van der Waals surface area contributed by atoms with Crippen molar-refractivity contribution < 1.29 is 17.6 Å². The second-order valence-electron chi connectivity index (χ2n) is 8.35. The zero-order valence-corrected chi connectivity index (χ0v) is 19.5. The Morgan fingerprint density at radius 3 is 2.62 bits per heavy atom. The molecule has 4 rings (SSSR count). The first kappa shape index (κ1) is 23.2. The largest absolute Gasteiger partial charge is 0.340 e. The number of piperidine rings is 1. The quantitative estimate of drug-likeness (QED) is 0.649. The lowest BCUT2D eigenvalue weighted by atomic mass is 9.97. The van der Waals surface area contributed by atoms with Gasteiger partial charge >= 0.3 is 0 Å². The van der Waals surface area contributed by atoms with Gasteiger partial charge in [-0.1, -0.05) is 17.7 Å². The Labute approximate surface area is 192 Å². The molecule has 8 nitrogen and oxygen atoms in total. The SMILES string of the molecule is Cn1cc(S(=O)(=O)N2CCCC(C(=O)N3CCN(Cc4c(F)cccc4Cl)CC3)C2)cn1. The fraction of sp³-hybridized carbons (Fsp3) is 0.524. The highest BCUT2D eigenvalue weighted by atomic mass is 35.5. The standard InChI is InChI=1S/C21H27ClFN5O3S/c1-25-14-17(12-24-25)32(30,31)28-7-3-4-16(13-28)21(29)27-10-8-26(9-11-27)15-18-19(22)5-2-6-20(18)23/h2,5-6,12,14,16H,3-4,7-11,13,15H2,1H3. The van der Waals surface area contributed by atoms with Crippen LogP contribution in [-0.4, -0.2) is 77.5 Å². The number of hydrogen-bond donors (Lipinski definition) is 0. The van der Waals surface area contributed by atoms with E-state index in [-0.39, 0.29) is 29.1 Å². The molecule has 2 fully saturated rings. The minimum Gasteiger partial charge on any atom is -0.340 e. The number of benzene rings is 1. The van der Waals surface area contributed by atoms with E-state index in [2.05, 4.69) is 10.00 Å². The Balaban J connectivity index is 1.35. The second kappa shape index (κ2) is 9.46. The zero-order valence-electron chi connectivity index (χ0n) is 18.0. The molecule has 1 aromatic heterocycles. The van der Waals surface area contributed by atoms with E-state index in [1.807, 2.05) is 0 Å². The lowest BCUT2D eigenvalue weighted by molar-refractivity contribution is -0.138. The molecule has 1 amide bonds. The van der Waals surface area contributed by atoms with Crippen molar-refractivity contribution in [2.24, 2.45) is 13.0 Å². The number of piperazine rings is 1. The Morgan fingerprint density at radius 1 is 1.22 bits per heavy atom. The molecule has 1 atom stereocenters. The summed E-state index contributed by atoms with van der Waals surface area (Å²) in [6.45, 7) is 3.25. The van der Waals surface area contributed by atoms with E-state index < -0.39 is 10.0 Å². The predicted octanol–water partition coefficient (Wildman–Crippen LogP) is 1.96. The van der Waals surface area contributed by atoms with E-state index in [1.54, 1.807) is 24.1 Å². The molecule has 2 aliphatic heterocycles. The van der Waals surface area contributed by atoms with Crippen LogP contribution >= 0.6 is 11.6 Å². The lowest BCUT2D eigenvalue weighted by Crippen LogP contribution is -2.52. The van der Waals surface area contributed by atoms with Gasteiger partial charge in [-0.2, -0.15) is 9.40 Å². The fourth-order valence-electron chi connectivity index (χ4n) is 4.33.